The van der Waals surface area contributed by atoms with Gasteiger partial charge in [-0.25, -0.2) is 9.97 Å². The van der Waals surface area contributed by atoms with E-state index < -0.39 is 0 Å². The van der Waals surface area contributed by atoms with Crippen molar-refractivity contribution >= 4 is 37.2 Å². The van der Waals surface area contributed by atoms with E-state index in [1.54, 1.807) is 0 Å². The third kappa shape index (κ3) is 3.74. The molecule has 4 aromatic carbocycles. The Morgan fingerprint density at radius 1 is 0.700 bits per heavy atom. The molecule has 3 atom stereocenters. The van der Waals surface area contributed by atoms with Gasteiger partial charge in [-0.1, -0.05) is 131 Å². The second kappa shape index (κ2) is 9.68. The van der Waals surface area contributed by atoms with Crippen LogP contribution in [0.1, 0.15) is 85.8 Å². The molecule has 5 aliphatic carbocycles. The molecular weight excluding hydrogens is 625 g/mol. The fourth-order valence-electron chi connectivity index (χ4n) is 9.79. The van der Waals surface area contributed by atoms with Crippen molar-refractivity contribution in [3.63, 3.8) is 0 Å². The molecule has 0 aliphatic heterocycles. The van der Waals surface area contributed by atoms with Crippen LogP contribution in [0.3, 0.4) is 0 Å². The van der Waals surface area contributed by atoms with E-state index in [2.05, 4.69) is 149 Å². The van der Waals surface area contributed by atoms with Crippen LogP contribution < -0.4 is 0 Å². The van der Waals surface area contributed by atoms with Crippen LogP contribution in [0.4, 0.5) is 0 Å². The van der Waals surface area contributed by atoms with E-state index in [0.717, 1.165) is 23.5 Å². The Labute approximate surface area is 297 Å². The molecule has 1 saturated carbocycles. The van der Waals surface area contributed by atoms with Crippen molar-refractivity contribution in [2.24, 2.45) is 5.92 Å². The van der Waals surface area contributed by atoms with Crippen LogP contribution in [-0.4, -0.2) is 9.97 Å². The van der Waals surface area contributed by atoms with Crippen LogP contribution in [0.2, 0.25) is 0 Å². The summed E-state index contributed by atoms with van der Waals surface area (Å²) in [5.41, 5.74) is 15.0. The van der Waals surface area contributed by atoms with Gasteiger partial charge in [0, 0.05) is 37.6 Å². The largest absolute Gasteiger partial charge is 0.236 e. The van der Waals surface area contributed by atoms with Gasteiger partial charge in [-0.2, -0.15) is 0 Å². The zero-order valence-corrected chi connectivity index (χ0v) is 29.7. The van der Waals surface area contributed by atoms with Gasteiger partial charge in [-0.3, -0.25) is 0 Å². The molecule has 11 rings (SSSR count). The van der Waals surface area contributed by atoms with Crippen molar-refractivity contribution in [2.45, 2.75) is 62.7 Å². The number of thiophene rings is 1. The minimum atomic E-state index is -0.0746. The fraction of sp³-hybridized carbons (Fsp3) is 0.234. The van der Waals surface area contributed by atoms with Gasteiger partial charge in [0.25, 0.3) is 0 Å². The van der Waals surface area contributed by atoms with Gasteiger partial charge >= 0.3 is 0 Å². The lowest BCUT2D eigenvalue weighted by molar-refractivity contribution is 0.639. The van der Waals surface area contributed by atoms with Gasteiger partial charge < -0.3 is 0 Å². The molecule has 0 radical (unpaired) electrons. The Morgan fingerprint density at radius 2 is 1.46 bits per heavy atom. The average molecular weight is 663 g/mol. The molecule has 0 amide bonds. The van der Waals surface area contributed by atoms with Crippen molar-refractivity contribution in [1.82, 2.24) is 9.97 Å². The molecule has 0 N–H and O–H groups in total. The van der Waals surface area contributed by atoms with Crippen molar-refractivity contribution in [2.75, 3.05) is 0 Å². The van der Waals surface area contributed by atoms with Gasteiger partial charge in [-0.15, -0.1) is 11.3 Å². The standard InChI is InChI=1S/C47H38N2S/c1-45(2)36-14-7-5-12-31(36)34-24-35-32-21-20-29(23-37(32)46(3,4)39(35)25-38(34)45)27-16-18-28(19-17-27)43-48-42(47-22-10-9-11-30(47)26-47)41-33-13-6-8-15-40(33)50-44(41)49-43/h5-18,20-25,28,30H,19,26H2,1-4H3. The molecule has 2 aromatic heterocycles. The van der Waals surface area contributed by atoms with E-state index in [-0.39, 0.29) is 22.2 Å². The smallest absolute Gasteiger partial charge is 0.137 e. The molecule has 0 saturated heterocycles. The topological polar surface area (TPSA) is 25.8 Å². The second-order valence-corrected chi connectivity index (χ2v) is 17.2. The summed E-state index contributed by atoms with van der Waals surface area (Å²) in [4.78, 5) is 11.8. The lowest BCUT2D eigenvalue weighted by atomic mass is 9.77. The van der Waals surface area contributed by atoms with Gasteiger partial charge in [0.05, 0.1) is 5.69 Å². The van der Waals surface area contributed by atoms with Gasteiger partial charge in [0.1, 0.15) is 10.7 Å². The molecule has 6 aromatic rings. The van der Waals surface area contributed by atoms with Gasteiger partial charge in [-0.05, 0) is 92.6 Å². The molecule has 3 heteroatoms. The Morgan fingerprint density at radius 3 is 2.28 bits per heavy atom. The Bertz CT molecular complexity index is 2620. The van der Waals surface area contributed by atoms with Crippen molar-refractivity contribution in [3.05, 3.63) is 161 Å². The van der Waals surface area contributed by atoms with Crippen LogP contribution in [0, 0.1) is 5.92 Å². The lowest BCUT2D eigenvalue weighted by Gasteiger charge is -2.26. The first kappa shape index (κ1) is 28.9. The van der Waals surface area contributed by atoms with E-state index in [0.29, 0.717) is 5.92 Å². The van der Waals surface area contributed by atoms with Crippen LogP contribution in [0.25, 0.3) is 48.1 Å². The van der Waals surface area contributed by atoms with Crippen LogP contribution in [0.15, 0.2) is 121 Å². The zero-order chi connectivity index (χ0) is 33.6. The van der Waals surface area contributed by atoms with Crippen LogP contribution in [0.5, 0.6) is 0 Å². The highest BCUT2D eigenvalue weighted by atomic mass is 32.1. The number of nitrogens with zero attached hydrogens (tertiary/aromatic N) is 2. The Kier molecular flexibility index (Phi) is 5.60. The number of rotatable bonds is 3. The summed E-state index contributed by atoms with van der Waals surface area (Å²) >= 11 is 1.81. The number of hydrogen-bond acceptors (Lipinski definition) is 3. The molecule has 242 valence electrons. The molecule has 5 aliphatic rings. The van der Waals surface area contributed by atoms with E-state index in [4.69, 9.17) is 9.97 Å². The maximum atomic E-state index is 5.45. The predicted molar refractivity (Wildman–Crippen MR) is 209 cm³/mol. The molecule has 0 spiro atoms. The van der Waals surface area contributed by atoms with E-state index in [1.807, 2.05) is 11.3 Å². The maximum Gasteiger partial charge on any atom is 0.137 e. The highest BCUT2D eigenvalue weighted by Gasteiger charge is 2.55. The van der Waals surface area contributed by atoms with Crippen molar-refractivity contribution < 1.29 is 0 Å². The van der Waals surface area contributed by atoms with Gasteiger partial charge in [0.2, 0.25) is 0 Å². The third-order valence-corrected chi connectivity index (χ3v) is 13.8. The van der Waals surface area contributed by atoms with Crippen molar-refractivity contribution in [1.29, 1.82) is 0 Å². The molecule has 2 heterocycles. The SMILES string of the molecule is CC1(C)c2ccccc2-c2cc3c(cc21)C(C)(C)c1cc(C2=CCC(c4nc(C56C=CC=CC5C6)c5c(n4)sc4ccccc45)C=C2)ccc1-3. The Balaban J connectivity index is 0.947. The molecular formula is C47H38N2S. The number of aromatic nitrogens is 2. The van der Waals surface area contributed by atoms with Crippen molar-refractivity contribution in [3.8, 4) is 22.3 Å². The highest BCUT2D eigenvalue weighted by molar-refractivity contribution is 7.25. The van der Waals surface area contributed by atoms with Gasteiger partial charge in [0.15, 0.2) is 0 Å². The maximum absolute atomic E-state index is 5.45. The van der Waals surface area contributed by atoms with Crippen LogP contribution >= 0.6 is 11.3 Å². The summed E-state index contributed by atoms with van der Waals surface area (Å²) in [6.07, 6.45) is 18.3. The van der Waals surface area contributed by atoms with E-state index in [1.165, 1.54) is 76.8 Å². The average Bonchev–Trinajstić information content (AvgIpc) is 3.64. The first-order valence-electron chi connectivity index (χ1n) is 18.1. The Hall–Kier alpha value is -4.86. The summed E-state index contributed by atoms with van der Waals surface area (Å²) in [6, 6.07) is 29.9. The number of benzene rings is 4. The number of allylic oxidation sites excluding steroid dienone is 8. The molecule has 3 unspecified atom stereocenters. The summed E-state index contributed by atoms with van der Waals surface area (Å²) in [5, 5.41) is 2.55. The zero-order valence-electron chi connectivity index (χ0n) is 28.9. The summed E-state index contributed by atoms with van der Waals surface area (Å²) < 4.78 is 1.29. The quantitative estimate of drug-likeness (QED) is 0.188. The minimum absolute atomic E-state index is 0.00137. The lowest BCUT2D eigenvalue weighted by Crippen LogP contribution is -2.19. The fourth-order valence-corrected chi connectivity index (χ4v) is 10.9. The first-order chi connectivity index (χ1) is 24.2. The molecule has 50 heavy (non-hydrogen) atoms. The van der Waals surface area contributed by atoms with E-state index >= 15 is 0 Å². The molecule has 0 bridgehead atoms. The number of hydrogen-bond donors (Lipinski definition) is 0. The minimum Gasteiger partial charge on any atom is -0.236 e. The summed E-state index contributed by atoms with van der Waals surface area (Å²) in [5.74, 6) is 1.65. The summed E-state index contributed by atoms with van der Waals surface area (Å²) in [6.45, 7) is 9.58. The third-order valence-electron chi connectivity index (χ3n) is 12.7. The normalized spacial score (nSPS) is 24.1. The summed E-state index contributed by atoms with van der Waals surface area (Å²) in [7, 11) is 0. The predicted octanol–water partition coefficient (Wildman–Crippen LogP) is 12.0. The van der Waals surface area contributed by atoms with Crippen LogP contribution in [-0.2, 0) is 16.2 Å². The second-order valence-electron chi connectivity index (χ2n) is 16.2. The first-order valence-corrected chi connectivity index (χ1v) is 18.9. The van der Waals surface area contributed by atoms with E-state index in [9.17, 15) is 0 Å². The highest BCUT2D eigenvalue weighted by Crippen LogP contribution is 2.60. The molecule has 1 fully saturated rings. The number of fused-ring (bicyclic) bond motifs is 10. The monoisotopic (exact) mass is 662 g/mol. The molecule has 2 nitrogen and oxygen atoms in total.